The maximum atomic E-state index is 13.5. The van der Waals surface area contributed by atoms with Crippen LogP contribution < -0.4 is 14.9 Å². The summed E-state index contributed by atoms with van der Waals surface area (Å²) in [4.78, 5) is 36.9. The molecule has 0 radical (unpaired) electrons. The molecule has 6 nitrogen and oxygen atoms in total. The first-order valence-corrected chi connectivity index (χ1v) is 9.48. The number of hydrogen-bond acceptors (Lipinski definition) is 5. The van der Waals surface area contributed by atoms with Crippen molar-refractivity contribution in [2.75, 3.05) is 7.11 Å². The van der Waals surface area contributed by atoms with Gasteiger partial charge in [0.25, 0.3) is 0 Å². The maximum Gasteiger partial charge on any atom is 0.201 e. The summed E-state index contributed by atoms with van der Waals surface area (Å²) in [6.45, 7) is 3.19. The van der Waals surface area contributed by atoms with E-state index in [1.165, 1.54) is 13.2 Å². The Bertz CT molecular complexity index is 1400. The fourth-order valence-electron chi connectivity index (χ4n) is 3.81. The van der Waals surface area contributed by atoms with Crippen LogP contribution in [0.5, 0.6) is 11.5 Å². The first kappa shape index (κ1) is 19.6. The predicted molar refractivity (Wildman–Crippen MR) is 117 cm³/mol. The molecule has 0 aliphatic rings. The summed E-state index contributed by atoms with van der Waals surface area (Å²) in [6, 6.07) is 13.0. The van der Waals surface area contributed by atoms with Gasteiger partial charge in [0.1, 0.15) is 11.5 Å². The van der Waals surface area contributed by atoms with Gasteiger partial charge in [0.2, 0.25) is 5.43 Å². The second-order valence-corrected chi connectivity index (χ2v) is 7.76. The Morgan fingerprint density at radius 2 is 1.67 bits per heavy atom. The number of carbonyl (C=O) groups excluding carboxylic acids is 2. The average molecular weight is 403 g/mol. The smallest absolute Gasteiger partial charge is 0.201 e. The zero-order valence-electron chi connectivity index (χ0n) is 17.2. The van der Waals surface area contributed by atoms with Gasteiger partial charge in [-0.2, -0.15) is 0 Å². The molecule has 1 heterocycles. The number of benzene rings is 3. The predicted octanol–water partition coefficient (Wildman–Crippen LogP) is 4.02. The zero-order valence-corrected chi connectivity index (χ0v) is 17.2. The Labute approximate surface area is 172 Å². The minimum atomic E-state index is -1.15. The van der Waals surface area contributed by atoms with Gasteiger partial charge in [-0.15, -0.1) is 0 Å². The molecule has 0 saturated heterocycles. The number of aromatic nitrogens is 1. The van der Waals surface area contributed by atoms with Crippen molar-refractivity contribution >= 4 is 45.2 Å². The molecule has 0 spiro atoms. The van der Waals surface area contributed by atoms with E-state index in [-0.39, 0.29) is 22.5 Å². The Kier molecular flexibility index (Phi) is 4.57. The molecule has 30 heavy (non-hydrogen) atoms. The monoisotopic (exact) mass is 403 g/mol. The molecular weight excluding hydrogens is 382 g/mol. The molecule has 1 aromatic heterocycles. The summed E-state index contributed by atoms with van der Waals surface area (Å²) in [5, 5.41) is 2.75. The summed E-state index contributed by atoms with van der Waals surface area (Å²) in [7, 11) is 3.24. The SMILES string of the molecule is COc1cc(OC(C)(C)C=O)c(C=O)c2c1c(=O)c1cc3ccccc3cc1n2C. The normalized spacial score (nSPS) is 11.7. The second kappa shape index (κ2) is 6.99. The molecule has 152 valence electrons. The van der Waals surface area contributed by atoms with Crippen LogP contribution in [0.25, 0.3) is 32.6 Å². The lowest BCUT2D eigenvalue weighted by Gasteiger charge is -2.23. The Morgan fingerprint density at radius 3 is 2.27 bits per heavy atom. The molecule has 0 saturated carbocycles. The van der Waals surface area contributed by atoms with Gasteiger partial charge in [0.15, 0.2) is 18.2 Å². The fraction of sp³-hybridized carbons (Fsp3) is 0.208. The van der Waals surface area contributed by atoms with Crippen LogP contribution in [0.4, 0.5) is 0 Å². The van der Waals surface area contributed by atoms with Gasteiger partial charge in [0.05, 0.1) is 29.1 Å². The van der Waals surface area contributed by atoms with Crippen molar-refractivity contribution < 1.29 is 19.1 Å². The van der Waals surface area contributed by atoms with Gasteiger partial charge in [-0.1, -0.05) is 24.3 Å². The van der Waals surface area contributed by atoms with Crippen LogP contribution in [0.15, 0.2) is 47.3 Å². The van der Waals surface area contributed by atoms with E-state index < -0.39 is 5.60 Å². The van der Waals surface area contributed by atoms with E-state index in [0.29, 0.717) is 34.4 Å². The molecule has 4 rings (SSSR count). The third kappa shape index (κ3) is 2.92. The van der Waals surface area contributed by atoms with Crippen LogP contribution in [0.1, 0.15) is 24.2 Å². The summed E-state index contributed by atoms with van der Waals surface area (Å²) in [6.07, 6.45) is 1.30. The van der Waals surface area contributed by atoms with Gasteiger partial charge in [-0.25, -0.2) is 0 Å². The number of pyridine rings is 1. The number of carbonyl (C=O) groups is 2. The topological polar surface area (TPSA) is 74.6 Å². The number of aryl methyl sites for hydroxylation is 1. The van der Waals surface area contributed by atoms with E-state index in [4.69, 9.17) is 9.47 Å². The number of fused-ring (bicyclic) bond motifs is 3. The van der Waals surface area contributed by atoms with E-state index >= 15 is 0 Å². The Morgan fingerprint density at radius 1 is 1.00 bits per heavy atom. The molecule has 0 bridgehead atoms. The molecule has 0 atom stereocenters. The first-order chi connectivity index (χ1) is 14.3. The van der Waals surface area contributed by atoms with E-state index in [0.717, 1.165) is 10.8 Å². The fourth-order valence-corrected chi connectivity index (χ4v) is 3.81. The van der Waals surface area contributed by atoms with Crippen LogP contribution in [0.2, 0.25) is 0 Å². The molecule has 0 fully saturated rings. The minimum Gasteiger partial charge on any atom is -0.496 e. The highest BCUT2D eigenvalue weighted by atomic mass is 16.5. The van der Waals surface area contributed by atoms with Crippen molar-refractivity contribution in [2.24, 2.45) is 7.05 Å². The third-order valence-corrected chi connectivity index (χ3v) is 5.29. The zero-order chi connectivity index (χ0) is 21.6. The Hall–Kier alpha value is -3.67. The summed E-state index contributed by atoms with van der Waals surface area (Å²) in [5.41, 5.74) is -0.111. The van der Waals surface area contributed by atoms with Crippen LogP contribution in [0, 0.1) is 0 Å². The molecule has 0 N–H and O–H groups in total. The maximum absolute atomic E-state index is 13.5. The molecule has 4 aromatic rings. The van der Waals surface area contributed by atoms with Crippen molar-refractivity contribution in [1.82, 2.24) is 4.57 Å². The summed E-state index contributed by atoms with van der Waals surface area (Å²) >= 11 is 0. The second-order valence-electron chi connectivity index (χ2n) is 7.76. The van der Waals surface area contributed by atoms with Crippen molar-refractivity contribution in [3.63, 3.8) is 0 Å². The lowest BCUT2D eigenvalue weighted by atomic mass is 10.0. The van der Waals surface area contributed by atoms with Crippen molar-refractivity contribution in [3.05, 3.63) is 58.3 Å². The van der Waals surface area contributed by atoms with Crippen molar-refractivity contribution in [1.29, 1.82) is 0 Å². The molecule has 0 aliphatic carbocycles. The Balaban J connectivity index is 2.21. The van der Waals surface area contributed by atoms with Crippen LogP contribution in [-0.2, 0) is 11.8 Å². The summed E-state index contributed by atoms with van der Waals surface area (Å²) in [5.74, 6) is 0.463. The minimum absolute atomic E-state index is 0.182. The molecule has 0 aliphatic heterocycles. The van der Waals surface area contributed by atoms with E-state index in [1.54, 1.807) is 25.5 Å². The average Bonchev–Trinajstić information content (AvgIpc) is 2.75. The summed E-state index contributed by atoms with van der Waals surface area (Å²) < 4.78 is 13.1. The molecule has 0 unspecified atom stereocenters. The van der Waals surface area contributed by atoms with Crippen LogP contribution in [0.3, 0.4) is 0 Å². The lowest BCUT2D eigenvalue weighted by molar-refractivity contribution is -0.119. The van der Waals surface area contributed by atoms with Gasteiger partial charge in [-0.3, -0.25) is 14.4 Å². The number of nitrogens with zero attached hydrogens (tertiary/aromatic N) is 1. The quantitative estimate of drug-likeness (QED) is 0.372. The van der Waals surface area contributed by atoms with E-state index in [2.05, 4.69) is 0 Å². The van der Waals surface area contributed by atoms with Gasteiger partial charge in [0, 0.05) is 18.5 Å². The van der Waals surface area contributed by atoms with Gasteiger partial charge in [-0.05, 0) is 36.8 Å². The molecule has 0 amide bonds. The van der Waals surface area contributed by atoms with E-state index in [9.17, 15) is 14.4 Å². The van der Waals surface area contributed by atoms with Crippen LogP contribution in [-0.4, -0.2) is 29.9 Å². The highest BCUT2D eigenvalue weighted by Crippen LogP contribution is 2.36. The van der Waals surface area contributed by atoms with Crippen LogP contribution >= 0.6 is 0 Å². The number of aldehydes is 2. The van der Waals surface area contributed by atoms with Crippen molar-refractivity contribution in [3.8, 4) is 11.5 Å². The number of ether oxygens (including phenoxy) is 2. The molecular formula is C24H21NO5. The third-order valence-electron chi connectivity index (χ3n) is 5.29. The highest BCUT2D eigenvalue weighted by molar-refractivity contribution is 6.08. The number of rotatable bonds is 5. The van der Waals surface area contributed by atoms with Crippen molar-refractivity contribution in [2.45, 2.75) is 19.4 Å². The largest absolute Gasteiger partial charge is 0.496 e. The number of methoxy groups -OCH3 is 1. The standard InChI is InChI=1S/C24H21NO5/c1-24(2,13-27)30-19-11-20(29-4)21-22(17(19)12-26)25(3)18-10-15-8-6-5-7-14(15)9-16(18)23(21)28/h5-13H,1-4H3. The van der Waals surface area contributed by atoms with Gasteiger partial charge >= 0.3 is 0 Å². The number of hydrogen-bond donors (Lipinski definition) is 0. The molecule has 6 heteroatoms. The van der Waals surface area contributed by atoms with Gasteiger partial charge < -0.3 is 14.0 Å². The lowest BCUT2D eigenvalue weighted by Crippen LogP contribution is -2.30. The first-order valence-electron chi connectivity index (χ1n) is 9.48. The highest BCUT2D eigenvalue weighted by Gasteiger charge is 2.25. The molecule has 3 aromatic carbocycles. The van der Waals surface area contributed by atoms with E-state index in [1.807, 2.05) is 36.4 Å².